The van der Waals surface area contributed by atoms with E-state index in [4.69, 9.17) is 4.74 Å². The zero-order valence-electron chi connectivity index (χ0n) is 12.1. The summed E-state index contributed by atoms with van der Waals surface area (Å²) in [5.41, 5.74) is 1.82. The van der Waals surface area contributed by atoms with E-state index in [2.05, 4.69) is 17.1 Å². The third-order valence-electron chi connectivity index (χ3n) is 4.03. The molecule has 1 atom stereocenters. The normalized spacial score (nSPS) is 23.7. The van der Waals surface area contributed by atoms with Crippen LogP contribution in [-0.4, -0.2) is 31.8 Å². The predicted octanol–water partition coefficient (Wildman–Crippen LogP) is 2.69. The van der Waals surface area contributed by atoms with Crippen molar-refractivity contribution in [3.63, 3.8) is 0 Å². The third kappa shape index (κ3) is 3.30. The summed E-state index contributed by atoms with van der Waals surface area (Å²) in [7, 11) is 0. The molecule has 1 saturated carbocycles. The van der Waals surface area contributed by atoms with E-state index in [0.29, 0.717) is 12.6 Å². The van der Waals surface area contributed by atoms with Crippen LogP contribution in [0, 0.1) is 5.82 Å². The van der Waals surface area contributed by atoms with Gasteiger partial charge in [-0.05, 0) is 38.3 Å². The molecule has 110 valence electrons. The molecule has 0 amide bonds. The Bertz CT molecular complexity index is 462. The number of ether oxygens (including phenoxy) is 1. The molecule has 2 aliphatic rings. The lowest BCUT2D eigenvalue weighted by Gasteiger charge is -2.27. The van der Waals surface area contributed by atoms with Crippen LogP contribution in [0.3, 0.4) is 0 Å². The van der Waals surface area contributed by atoms with Crippen LogP contribution >= 0.6 is 0 Å². The Labute approximate surface area is 120 Å². The first kappa shape index (κ1) is 13.8. The highest BCUT2D eigenvalue weighted by molar-refractivity contribution is 5.54. The van der Waals surface area contributed by atoms with Crippen molar-refractivity contribution in [2.75, 3.05) is 24.6 Å². The van der Waals surface area contributed by atoms with Crippen LogP contribution in [-0.2, 0) is 11.3 Å². The maximum atomic E-state index is 14.2. The number of halogens is 1. The standard InChI is InChI=1S/C16H23FN2O/c1-12-11-19(8-3-9-20-12)16-5-2-4-15(17)14(16)10-18-13-6-7-13/h2,4-5,12-13,18H,3,6-11H2,1H3. The van der Waals surface area contributed by atoms with Crippen molar-refractivity contribution in [3.8, 4) is 0 Å². The Morgan fingerprint density at radius 3 is 3.05 bits per heavy atom. The van der Waals surface area contributed by atoms with Crippen molar-refractivity contribution >= 4 is 5.69 Å². The molecule has 0 bridgehead atoms. The number of nitrogens with one attached hydrogen (secondary N) is 1. The lowest BCUT2D eigenvalue weighted by Crippen LogP contribution is -2.32. The fourth-order valence-corrected chi connectivity index (χ4v) is 2.77. The van der Waals surface area contributed by atoms with Gasteiger partial charge in [0.05, 0.1) is 6.10 Å². The molecule has 1 aromatic carbocycles. The summed E-state index contributed by atoms with van der Waals surface area (Å²) in [6.45, 7) is 5.27. The van der Waals surface area contributed by atoms with E-state index >= 15 is 0 Å². The van der Waals surface area contributed by atoms with Crippen LogP contribution in [0.1, 0.15) is 31.7 Å². The Balaban J connectivity index is 1.80. The lowest BCUT2D eigenvalue weighted by molar-refractivity contribution is 0.0820. The van der Waals surface area contributed by atoms with Gasteiger partial charge in [-0.25, -0.2) is 4.39 Å². The lowest BCUT2D eigenvalue weighted by atomic mass is 10.1. The summed E-state index contributed by atoms with van der Waals surface area (Å²) in [4.78, 5) is 2.27. The van der Waals surface area contributed by atoms with Crippen molar-refractivity contribution in [2.45, 2.75) is 44.9 Å². The van der Waals surface area contributed by atoms with Crippen molar-refractivity contribution < 1.29 is 9.13 Å². The Morgan fingerprint density at radius 2 is 2.25 bits per heavy atom. The first-order valence-electron chi connectivity index (χ1n) is 7.61. The number of rotatable bonds is 4. The number of hydrogen-bond donors (Lipinski definition) is 1. The molecule has 1 N–H and O–H groups in total. The van der Waals surface area contributed by atoms with Crippen molar-refractivity contribution in [1.82, 2.24) is 5.32 Å². The summed E-state index contributed by atoms with van der Waals surface area (Å²) < 4.78 is 19.9. The molecule has 1 aliphatic heterocycles. The molecule has 1 saturated heterocycles. The average molecular weight is 278 g/mol. The molecule has 0 radical (unpaired) electrons. The van der Waals surface area contributed by atoms with Gasteiger partial charge in [0.1, 0.15) is 5.82 Å². The van der Waals surface area contributed by atoms with Gasteiger partial charge in [0, 0.05) is 43.5 Å². The van der Waals surface area contributed by atoms with Crippen molar-refractivity contribution in [3.05, 3.63) is 29.6 Å². The molecule has 0 spiro atoms. The first-order valence-corrected chi connectivity index (χ1v) is 7.61. The Morgan fingerprint density at radius 1 is 1.40 bits per heavy atom. The van der Waals surface area contributed by atoms with Gasteiger partial charge in [-0.2, -0.15) is 0 Å². The topological polar surface area (TPSA) is 24.5 Å². The van der Waals surface area contributed by atoms with Crippen molar-refractivity contribution in [2.24, 2.45) is 0 Å². The fourth-order valence-electron chi connectivity index (χ4n) is 2.77. The van der Waals surface area contributed by atoms with Crippen LogP contribution in [0.15, 0.2) is 18.2 Å². The molecule has 4 heteroatoms. The van der Waals surface area contributed by atoms with Gasteiger partial charge in [-0.3, -0.25) is 0 Å². The van der Waals surface area contributed by atoms with Gasteiger partial charge in [0.15, 0.2) is 0 Å². The molecular formula is C16H23FN2O. The molecule has 1 aromatic rings. The van der Waals surface area contributed by atoms with E-state index in [-0.39, 0.29) is 11.9 Å². The van der Waals surface area contributed by atoms with Gasteiger partial charge < -0.3 is 15.0 Å². The minimum atomic E-state index is -0.103. The molecule has 20 heavy (non-hydrogen) atoms. The smallest absolute Gasteiger partial charge is 0.129 e. The van der Waals surface area contributed by atoms with Crippen LogP contribution in [0.25, 0.3) is 0 Å². The summed E-state index contributed by atoms with van der Waals surface area (Å²) >= 11 is 0. The molecule has 3 nitrogen and oxygen atoms in total. The van der Waals surface area contributed by atoms with Crippen LogP contribution in [0.2, 0.25) is 0 Å². The number of benzene rings is 1. The zero-order valence-corrected chi connectivity index (χ0v) is 12.1. The Kier molecular flexibility index (Phi) is 4.22. The summed E-state index contributed by atoms with van der Waals surface area (Å²) in [5, 5.41) is 3.42. The average Bonchev–Trinajstić information content (AvgIpc) is 3.25. The highest BCUT2D eigenvalue weighted by Gasteiger charge is 2.23. The fraction of sp³-hybridized carbons (Fsp3) is 0.625. The summed E-state index contributed by atoms with van der Waals surface area (Å²) in [6.07, 6.45) is 3.64. The summed E-state index contributed by atoms with van der Waals surface area (Å²) in [5.74, 6) is -0.103. The van der Waals surface area contributed by atoms with E-state index in [1.165, 1.54) is 12.8 Å². The number of anilines is 1. The second-order valence-corrected chi connectivity index (χ2v) is 5.87. The largest absolute Gasteiger partial charge is 0.377 e. The maximum Gasteiger partial charge on any atom is 0.129 e. The van der Waals surface area contributed by atoms with Crippen LogP contribution in [0.4, 0.5) is 10.1 Å². The second-order valence-electron chi connectivity index (χ2n) is 5.87. The first-order chi connectivity index (χ1) is 9.74. The van der Waals surface area contributed by atoms with Gasteiger partial charge in [-0.1, -0.05) is 6.07 Å². The molecule has 3 rings (SSSR count). The molecule has 2 fully saturated rings. The van der Waals surface area contributed by atoms with Gasteiger partial charge >= 0.3 is 0 Å². The molecule has 1 heterocycles. The SMILES string of the molecule is CC1CN(c2cccc(F)c2CNC2CC2)CCCO1. The monoisotopic (exact) mass is 278 g/mol. The highest BCUT2D eigenvalue weighted by atomic mass is 19.1. The second kappa shape index (κ2) is 6.10. The molecule has 0 aromatic heterocycles. The third-order valence-corrected chi connectivity index (χ3v) is 4.03. The van der Waals surface area contributed by atoms with E-state index in [0.717, 1.165) is 37.4 Å². The zero-order chi connectivity index (χ0) is 13.9. The minimum Gasteiger partial charge on any atom is -0.377 e. The van der Waals surface area contributed by atoms with Crippen LogP contribution < -0.4 is 10.2 Å². The van der Waals surface area contributed by atoms with E-state index in [9.17, 15) is 4.39 Å². The predicted molar refractivity (Wildman–Crippen MR) is 78.5 cm³/mol. The maximum absolute atomic E-state index is 14.2. The molecular weight excluding hydrogens is 255 g/mol. The molecule has 1 aliphatic carbocycles. The quantitative estimate of drug-likeness (QED) is 0.916. The number of hydrogen-bond acceptors (Lipinski definition) is 3. The van der Waals surface area contributed by atoms with Crippen LogP contribution in [0.5, 0.6) is 0 Å². The minimum absolute atomic E-state index is 0.103. The van der Waals surface area contributed by atoms with E-state index in [1.807, 2.05) is 12.1 Å². The Hall–Kier alpha value is -1.13. The van der Waals surface area contributed by atoms with Gasteiger partial charge in [-0.15, -0.1) is 0 Å². The van der Waals surface area contributed by atoms with Gasteiger partial charge in [0.25, 0.3) is 0 Å². The van der Waals surface area contributed by atoms with E-state index in [1.54, 1.807) is 6.07 Å². The molecule has 1 unspecified atom stereocenters. The number of nitrogens with zero attached hydrogens (tertiary/aromatic N) is 1. The summed E-state index contributed by atoms with van der Waals surface area (Å²) in [6, 6.07) is 5.99. The highest BCUT2D eigenvalue weighted by Crippen LogP contribution is 2.27. The van der Waals surface area contributed by atoms with Gasteiger partial charge in [0.2, 0.25) is 0 Å². The van der Waals surface area contributed by atoms with Crippen molar-refractivity contribution in [1.29, 1.82) is 0 Å². The van der Waals surface area contributed by atoms with E-state index < -0.39 is 0 Å².